The molecule has 1 unspecified atom stereocenters. The van der Waals surface area contributed by atoms with E-state index in [1.54, 1.807) is 7.11 Å². The molecular formula is C23H27N2O2+. The monoisotopic (exact) mass is 363 g/mol. The average molecular weight is 363 g/mol. The highest BCUT2D eigenvalue weighted by molar-refractivity contribution is 5.84. The first-order valence-electron chi connectivity index (χ1n) is 9.27. The second-order valence-corrected chi connectivity index (χ2v) is 7.06. The molecule has 1 amide bonds. The number of carbonyl (C=O) groups is 1. The molecule has 2 N–H and O–H groups in total. The summed E-state index contributed by atoms with van der Waals surface area (Å²) in [6.45, 7) is 3.26. The Morgan fingerprint density at radius 2 is 1.74 bits per heavy atom. The molecule has 3 aromatic carbocycles. The Balaban J connectivity index is 1.57. The van der Waals surface area contributed by atoms with Crippen LogP contribution in [0, 0.1) is 0 Å². The minimum atomic E-state index is 0.0159. The van der Waals surface area contributed by atoms with Crippen molar-refractivity contribution in [2.45, 2.75) is 19.5 Å². The maximum atomic E-state index is 12.4. The maximum absolute atomic E-state index is 12.4. The Labute approximate surface area is 160 Å². The van der Waals surface area contributed by atoms with Gasteiger partial charge in [-0.2, -0.15) is 0 Å². The van der Waals surface area contributed by atoms with Crippen molar-refractivity contribution in [3.05, 3.63) is 77.9 Å². The summed E-state index contributed by atoms with van der Waals surface area (Å²) in [6.07, 6.45) is 0. The average Bonchev–Trinajstić information content (AvgIpc) is 2.68. The third-order valence-electron chi connectivity index (χ3n) is 4.76. The largest absolute Gasteiger partial charge is 0.497 e. The molecule has 140 valence electrons. The van der Waals surface area contributed by atoms with Crippen molar-refractivity contribution in [1.29, 1.82) is 0 Å². The molecule has 0 aliphatic rings. The molecule has 0 saturated carbocycles. The first-order valence-corrected chi connectivity index (χ1v) is 9.27. The SMILES string of the molecule is COc1ccc2cc(C[NH+](C)CC(=O)N[C@H](C)c3ccccc3)ccc2c1. The lowest BCUT2D eigenvalue weighted by atomic mass is 10.1. The third-order valence-corrected chi connectivity index (χ3v) is 4.76. The van der Waals surface area contributed by atoms with Gasteiger partial charge in [0.15, 0.2) is 6.54 Å². The predicted molar refractivity (Wildman–Crippen MR) is 109 cm³/mol. The molecule has 0 radical (unpaired) electrons. The van der Waals surface area contributed by atoms with Crippen LogP contribution < -0.4 is 15.0 Å². The molecule has 0 fully saturated rings. The third kappa shape index (κ3) is 5.08. The number of ether oxygens (including phenoxy) is 1. The second-order valence-electron chi connectivity index (χ2n) is 7.06. The van der Waals surface area contributed by atoms with Gasteiger partial charge in [0.1, 0.15) is 12.3 Å². The summed E-state index contributed by atoms with van der Waals surface area (Å²) in [5, 5.41) is 5.42. The highest BCUT2D eigenvalue weighted by atomic mass is 16.5. The fraction of sp³-hybridized carbons (Fsp3) is 0.261. The van der Waals surface area contributed by atoms with Crippen LogP contribution in [0.2, 0.25) is 0 Å². The summed E-state index contributed by atoms with van der Waals surface area (Å²) < 4.78 is 5.28. The van der Waals surface area contributed by atoms with Crippen molar-refractivity contribution in [2.24, 2.45) is 0 Å². The van der Waals surface area contributed by atoms with Gasteiger partial charge in [0.05, 0.1) is 20.2 Å². The van der Waals surface area contributed by atoms with Gasteiger partial charge in [-0.25, -0.2) is 0 Å². The van der Waals surface area contributed by atoms with Crippen molar-refractivity contribution in [2.75, 3.05) is 20.7 Å². The van der Waals surface area contributed by atoms with Crippen LogP contribution in [-0.2, 0) is 11.3 Å². The van der Waals surface area contributed by atoms with Gasteiger partial charge in [0, 0.05) is 5.56 Å². The minimum absolute atomic E-state index is 0.0159. The molecule has 0 spiro atoms. The van der Waals surface area contributed by atoms with Gasteiger partial charge < -0.3 is 15.0 Å². The first-order chi connectivity index (χ1) is 13.0. The number of benzene rings is 3. The summed E-state index contributed by atoms with van der Waals surface area (Å²) in [7, 11) is 3.72. The molecule has 0 bridgehead atoms. The number of hydrogen-bond acceptors (Lipinski definition) is 2. The van der Waals surface area contributed by atoms with Gasteiger partial charge in [0.2, 0.25) is 0 Å². The van der Waals surface area contributed by atoms with Gasteiger partial charge in [-0.15, -0.1) is 0 Å². The highest BCUT2D eigenvalue weighted by Gasteiger charge is 2.14. The van der Waals surface area contributed by atoms with Gasteiger partial charge in [-0.05, 0) is 41.5 Å². The Morgan fingerprint density at radius 3 is 2.48 bits per heavy atom. The van der Waals surface area contributed by atoms with E-state index < -0.39 is 0 Å². The maximum Gasteiger partial charge on any atom is 0.275 e. The number of amides is 1. The van der Waals surface area contributed by atoms with E-state index in [2.05, 4.69) is 29.6 Å². The van der Waals surface area contributed by atoms with Crippen LogP contribution in [-0.4, -0.2) is 26.6 Å². The molecule has 3 rings (SSSR count). The van der Waals surface area contributed by atoms with Crippen LogP contribution in [0.4, 0.5) is 0 Å². The molecule has 3 aromatic rings. The zero-order valence-corrected chi connectivity index (χ0v) is 16.2. The second kappa shape index (κ2) is 8.69. The zero-order chi connectivity index (χ0) is 19.2. The number of methoxy groups -OCH3 is 1. The van der Waals surface area contributed by atoms with Crippen LogP contribution in [0.15, 0.2) is 66.7 Å². The van der Waals surface area contributed by atoms with Crippen molar-refractivity contribution in [1.82, 2.24) is 5.32 Å². The molecule has 2 atom stereocenters. The van der Waals surface area contributed by atoms with Crippen molar-refractivity contribution < 1.29 is 14.4 Å². The predicted octanol–water partition coefficient (Wildman–Crippen LogP) is 2.74. The lowest BCUT2D eigenvalue weighted by molar-refractivity contribution is -0.885. The Morgan fingerprint density at radius 1 is 1.04 bits per heavy atom. The van der Waals surface area contributed by atoms with E-state index in [-0.39, 0.29) is 11.9 Å². The topological polar surface area (TPSA) is 42.8 Å². The van der Waals surface area contributed by atoms with E-state index >= 15 is 0 Å². The van der Waals surface area contributed by atoms with Crippen LogP contribution in [0.1, 0.15) is 24.1 Å². The standard InChI is InChI=1S/C23H26N2O2/c1-17(19-7-5-4-6-8-19)24-23(26)16-25(2)15-18-9-10-21-14-22(27-3)12-11-20(21)13-18/h4-14,17H,15-16H2,1-3H3,(H,24,26)/p+1/t17-/m1/s1. The summed E-state index contributed by atoms with van der Waals surface area (Å²) in [4.78, 5) is 13.5. The van der Waals surface area contributed by atoms with Gasteiger partial charge in [-0.3, -0.25) is 4.79 Å². The summed E-state index contributed by atoms with van der Waals surface area (Å²) in [5.41, 5.74) is 2.34. The van der Waals surface area contributed by atoms with Crippen molar-refractivity contribution in [3.8, 4) is 5.75 Å². The number of quaternary nitrogens is 1. The normalized spacial score (nSPS) is 13.1. The van der Waals surface area contributed by atoms with E-state index in [0.29, 0.717) is 6.54 Å². The lowest BCUT2D eigenvalue weighted by Gasteiger charge is -2.17. The van der Waals surface area contributed by atoms with Crippen LogP contribution in [0.5, 0.6) is 5.75 Å². The van der Waals surface area contributed by atoms with Crippen molar-refractivity contribution >= 4 is 16.7 Å². The Hall–Kier alpha value is -2.85. The highest BCUT2D eigenvalue weighted by Crippen LogP contribution is 2.21. The van der Waals surface area contributed by atoms with Gasteiger partial charge in [0.25, 0.3) is 5.91 Å². The molecule has 0 saturated heterocycles. The van der Waals surface area contributed by atoms with Crippen LogP contribution in [0.3, 0.4) is 0 Å². The quantitative estimate of drug-likeness (QED) is 0.678. The van der Waals surface area contributed by atoms with E-state index in [1.807, 2.05) is 56.4 Å². The number of rotatable bonds is 7. The molecule has 0 aliphatic carbocycles. The van der Waals surface area contributed by atoms with E-state index in [4.69, 9.17) is 4.74 Å². The van der Waals surface area contributed by atoms with E-state index in [9.17, 15) is 4.79 Å². The van der Waals surface area contributed by atoms with Crippen molar-refractivity contribution in [3.63, 3.8) is 0 Å². The molecular weight excluding hydrogens is 336 g/mol. The number of hydrogen-bond donors (Lipinski definition) is 2. The number of fused-ring (bicyclic) bond motifs is 1. The zero-order valence-electron chi connectivity index (χ0n) is 16.2. The van der Waals surface area contributed by atoms with Gasteiger partial charge in [-0.1, -0.05) is 48.5 Å². The molecule has 4 heteroatoms. The first kappa shape index (κ1) is 18.9. The summed E-state index contributed by atoms with van der Waals surface area (Å²) in [6, 6.07) is 22.5. The summed E-state index contributed by atoms with van der Waals surface area (Å²) >= 11 is 0. The molecule has 0 aliphatic heterocycles. The molecule has 4 nitrogen and oxygen atoms in total. The lowest BCUT2D eigenvalue weighted by Crippen LogP contribution is -3.08. The molecule has 27 heavy (non-hydrogen) atoms. The van der Waals surface area contributed by atoms with Gasteiger partial charge >= 0.3 is 0 Å². The minimum Gasteiger partial charge on any atom is -0.497 e. The van der Waals surface area contributed by atoms with E-state index in [1.165, 1.54) is 10.9 Å². The van der Waals surface area contributed by atoms with E-state index in [0.717, 1.165) is 28.1 Å². The van der Waals surface area contributed by atoms with Crippen LogP contribution >= 0.6 is 0 Å². The fourth-order valence-electron chi connectivity index (χ4n) is 3.31. The molecule has 0 heterocycles. The molecule has 0 aromatic heterocycles. The summed E-state index contributed by atoms with van der Waals surface area (Å²) in [5.74, 6) is 0.927. The number of likely N-dealkylation sites (N-methyl/N-ethyl adjacent to an activating group) is 1. The number of nitrogens with one attached hydrogen (secondary N) is 2. The Bertz CT molecular complexity index is 909. The smallest absolute Gasteiger partial charge is 0.275 e. The number of carbonyl (C=O) groups excluding carboxylic acids is 1. The van der Waals surface area contributed by atoms with Crippen LogP contribution in [0.25, 0.3) is 10.8 Å². The Kier molecular flexibility index (Phi) is 6.09. The fourth-order valence-corrected chi connectivity index (χ4v) is 3.31.